The van der Waals surface area contributed by atoms with Crippen LogP contribution in [-0.4, -0.2) is 26.8 Å². The fraction of sp³-hybridized carbons (Fsp3) is 0.200. The van der Waals surface area contributed by atoms with Crippen molar-refractivity contribution in [1.82, 2.24) is 20.5 Å². The molecule has 1 aliphatic heterocycles. The van der Waals surface area contributed by atoms with Crippen molar-refractivity contribution in [2.24, 2.45) is 0 Å². The molecule has 0 unspecified atom stereocenters. The second-order valence-electron chi connectivity index (χ2n) is 5.02. The number of aromatic nitrogens is 3. The van der Waals surface area contributed by atoms with Gasteiger partial charge in [-0.3, -0.25) is 0 Å². The van der Waals surface area contributed by atoms with E-state index in [0.717, 1.165) is 30.5 Å². The third-order valence-electron chi connectivity index (χ3n) is 3.79. The normalized spacial score (nSPS) is 14.4. The zero-order valence-corrected chi connectivity index (χ0v) is 10.8. The van der Waals surface area contributed by atoms with Gasteiger partial charge >= 0.3 is 0 Å². The third-order valence-corrected chi connectivity index (χ3v) is 3.79. The van der Waals surface area contributed by atoms with Gasteiger partial charge in [0.1, 0.15) is 5.75 Å². The predicted octanol–water partition coefficient (Wildman–Crippen LogP) is 1.98. The Labute approximate surface area is 115 Å². The molecule has 100 valence electrons. The number of nitrogens with one attached hydrogen (secondary N) is 2. The lowest BCUT2D eigenvalue weighted by molar-refractivity contribution is 0.477. The Bertz CT molecular complexity index is 794. The highest BCUT2D eigenvalue weighted by Crippen LogP contribution is 2.30. The molecule has 5 nitrogen and oxygen atoms in total. The van der Waals surface area contributed by atoms with E-state index in [4.69, 9.17) is 0 Å². The first-order chi connectivity index (χ1) is 9.83. The van der Waals surface area contributed by atoms with Crippen molar-refractivity contribution in [2.45, 2.75) is 13.0 Å². The number of benzene rings is 1. The summed E-state index contributed by atoms with van der Waals surface area (Å²) in [5.41, 5.74) is 4.72. The summed E-state index contributed by atoms with van der Waals surface area (Å²) < 4.78 is 0. The second-order valence-corrected chi connectivity index (χ2v) is 5.02. The summed E-state index contributed by atoms with van der Waals surface area (Å²) in [5.74, 6) is 0.226. The highest BCUT2D eigenvalue weighted by Gasteiger charge is 2.17. The number of hydrogen-bond donors (Lipinski definition) is 3. The van der Waals surface area contributed by atoms with Gasteiger partial charge in [-0.25, -0.2) is 0 Å². The summed E-state index contributed by atoms with van der Waals surface area (Å²) >= 11 is 0. The molecule has 2 aromatic heterocycles. The molecule has 1 aliphatic rings. The number of phenols is 1. The summed E-state index contributed by atoms with van der Waals surface area (Å²) in [4.78, 5) is 3.33. The number of phenolic OH excluding ortho intramolecular Hbond substituents is 1. The van der Waals surface area contributed by atoms with Crippen LogP contribution in [0.5, 0.6) is 5.75 Å². The number of aromatic hydroxyl groups is 1. The molecule has 0 atom stereocenters. The van der Waals surface area contributed by atoms with E-state index in [1.165, 1.54) is 11.3 Å². The average Bonchev–Trinajstić information content (AvgIpc) is 2.85. The topological polar surface area (TPSA) is 73.8 Å². The zero-order chi connectivity index (χ0) is 13.5. The monoisotopic (exact) mass is 266 g/mol. The van der Waals surface area contributed by atoms with Crippen molar-refractivity contribution < 1.29 is 5.11 Å². The Balaban J connectivity index is 1.92. The van der Waals surface area contributed by atoms with Crippen molar-refractivity contribution >= 4 is 11.0 Å². The number of H-pyrrole nitrogens is 1. The first-order valence-electron chi connectivity index (χ1n) is 6.69. The summed E-state index contributed by atoms with van der Waals surface area (Å²) in [7, 11) is 0. The van der Waals surface area contributed by atoms with Crippen molar-refractivity contribution in [3.05, 3.63) is 41.6 Å². The second kappa shape index (κ2) is 4.31. The number of fused-ring (bicyclic) bond motifs is 3. The summed E-state index contributed by atoms with van der Waals surface area (Å²) in [5, 5.41) is 22.9. The van der Waals surface area contributed by atoms with E-state index in [2.05, 4.69) is 20.5 Å². The Hall–Kier alpha value is -2.40. The van der Waals surface area contributed by atoms with Crippen molar-refractivity contribution in [3.63, 3.8) is 0 Å². The van der Waals surface area contributed by atoms with Gasteiger partial charge in [0, 0.05) is 36.2 Å². The molecule has 0 saturated heterocycles. The Morgan fingerprint density at radius 1 is 1.15 bits per heavy atom. The van der Waals surface area contributed by atoms with Crippen LogP contribution in [0.1, 0.15) is 11.3 Å². The number of hydrogen-bond acceptors (Lipinski definition) is 4. The lowest BCUT2D eigenvalue weighted by Gasteiger charge is -2.12. The first-order valence-corrected chi connectivity index (χ1v) is 6.69. The summed E-state index contributed by atoms with van der Waals surface area (Å²) in [6, 6.07) is 9.19. The molecule has 0 saturated carbocycles. The van der Waals surface area contributed by atoms with Crippen molar-refractivity contribution in [2.75, 3.05) is 6.54 Å². The van der Waals surface area contributed by atoms with E-state index >= 15 is 0 Å². The molecule has 0 amide bonds. The highest BCUT2D eigenvalue weighted by molar-refractivity contribution is 5.85. The van der Waals surface area contributed by atoms with Crippen LogP contribution in [0, 0.1) is 0 Å². The summed E-state index contributed by atoms with van der Waals surface area (Å²) in [6.45, 7) is 1.83. The predicted molar refractivity (Wildman–Crippen MR) is 76.4 cm³/mol. The van der Waals surface area contributed by atoms with E-state index in [0.29, 0.717) is 11.3 Å². The van der Waals surface area contributed by atoms with E-state index in [9.17, 15) is 5.11 Å². The largest absolute Gasteiger partial charge is 0.507 e. The minimum Gasteiger partial charge on any atom is -0.507 e. The molecule has 0 radical (unpaired) electrons. The smallest absolute Gasteiger partial charge is 0.160 e. The van der Waals surface area contributed by atoms with Gasteiger partial charge in [-0.15, -0.1) is 10.2 Å². The van der Waals surface area contributed by atoms with Gasteiger partial charge in [0.15, 0.2) is 5.65 Å². The lowest BCUT2D eigenvalue weighted by atomic mass is 10.1. The van der Waals surface area contributed by atoms with E-state index in [-0.39, 0.29) is 5.75 Å². The standard InChI is InChI=1S/C15H14N4O/c20-14-4-2-1-3-9(14)13-7-10-11-8-16-6-5-12(11)17-15(10)19-18-13/h1-4,7,16,20H,5-6,8H2,(H,17,19). The molecule has 3 heterocycles. The summed E-state index contributed by atoms with van der Waals surface area (Å²) in [6.07, 6.45) is 0.984. The quantitative estimate of drug-likeness (QED) is 0.629. The van der Waals surface area contributed by atoms with Gasteiger partial charge < -0.3 is 15.4 Å². The van der Waals surface area contributed by atoms with E-state index in [1.54, 1.807) is 12.1 Å². The Kier molecular flexibility index (Phi) is 2.47. The van der Waals surface area contributed by atoms with Crippen LogP contribution in [-0.2, 0) is 13.0 Å². The maximum Gasteiger partial charge on any atom is 0.160 e. The molecule has 5 heteroatoms. The number of aromatic amines is 1. The molecule has 3 aromatic rings. The SMILES string of the molecule is Oc1ccccc1-c1cc2c3c([nH]c2nn1)CCNC3. The molecule has 20 heavy (non-hydrogen) atoms. The van der Waals surface area contributed by atoms with Gasteiger partial charge in [-0.1, -0.05) is 12.1 Å². The van der Waals surface area contributed by atoms with Crippen LogP contribution in [0.15, 0.2) is 30.3 Å². The average molecular weight is 266 g/mol. The maximum atomic E-state index is 9.94. The number of rotatable bonds is 1. The molecule has 1 aromatic carbocycles. The van der Waals surface area contributed by atoms with Crippen LogP contribution in [0.2, 0.25) is 0 Å². The van der Waals surface area contributed by atoms with E-state index < -0.39 is 0 Å². The Morgan fingerprint density at radius 3 is 2.95 bits per heavy atom. The number of nitrogens with zero attached hydrogens (tertiary/aromatic N) is 2. The minimum absolute atomic E-state index is 0.226. The number of para-hydroxylation sites is 1. The third kappa shape index (κ3) is 1.67. The molecule has 0 aliphatic carbocycles. The molecule has 0 fully saturated rings. The van der Waals surface area contributed by atoms with Crippen LogP contribution in [0.3, 0.4) is 0 Å². The van der Waals surface area contributed by atoms with Crippen LogP contribution < -0.4 is 5.32 Å². The van der Waals surface area contributed by atoms with Crippen molar-refractivity contribution in [1.29, 1.82) is 0 Å². The molecule has 3 N–H and O–H groups in total. The van der Waals surface area contributed by atoms with Crippen LogP contribution in [0.25, 0.3) is 22.3 Å². The fourth-order valence-electron chi connectivity index (χ4n) is 2.76. The van der Waals surface area contributed by atoms with Gasteiger partial charge in [-0.05, 0) is 23.8 Å². The van der Waals surface area contributed by atoms with Gasteiger partial charge in [0.2, 0.25) is 0 Å². The zero-order valence-electron chi connectivity index (χ0n) is 10.8. The van der Waals surface area contributed by atoms with Gasteiger partial charge in [0.25, 0.3) is 0 Å². The fourth-order valence-corrected chi connectivity index (χ4v) is 2.76. The molecule has 4 rings (SSSR count). The Morgan fingerprint density at radius 2 is 2.05 bits per heavy atom. The lowest BCUT2D eigenvalue weighted by Crippen LogP contribution is -2.22. The van der Waals surface area contributed by atoms with E-state index in [1.807, 2.05) is 18.2 Å². The van der Waals surface area contributed by atoms with Crippen LogP contribution >= 0.6 is 0 Å². The molecular weight excluding hydrogens is 252 g/mol. The van der Waals surface area contributed by atoms with Crippen molar-refractivity contribution in [3.8, 4) is 17.0 Å². The minimum atomic E-state index is 0.226. The van der Waals surface area contributed by atoms with Gasteiger partial charge in [-0.2, -0.15) is 0 Å². The highest BCUT2D eigenvalue weighted by atomic mass is 16.3. The molecular formula is C15H14N4O. The van der Waals surface area contributed by atoms with Gasteiger partial charge in [0.05, 0.1) is 5.69 Å². The molecule has 0 spiro atoms. The van der Waals surface area contributed by atoms with Crippen LogP contribution in [0.4, 0.5) is 0 Å². The maximum absolute atomic E-state index is 9.94. The molecule has 0 bridgehead atoms. The first kappa shape index (κ1) is 11.4.